The van der Waals surface area contributed by atoms with Crippen molar-refractivity contribution >= 4 is 11.5 Å². The normalized spacial score (nSPS) is 24.0. The molecule has 0 spiro atoms. The number of imidazole rings is 1. The average Bonchev–Trinajstić information content (AvgIpc) is 3.31. The topological polar surface area (TPSA) is 53.7 Å². The number of hydrogen-bond acceptors (Lipinski definition) is 4. The van der Waals surface area contributed by atoms with E-state index >= 15 is 0 Å². The Kier molecular flexibility index (Phi) is 4.35. The first kappa shape index (κ1) is 20.2. The smallest absolute Gasteiger partial charge is 0.390 e. The molecule has 5 nitrogen and oxygen atoms in total. The molecule has 5 rings (SSSR count). The second-order valence-corrected chi connectivity index (χ2v) is 8.65. The van der Waals surface area contributed by atoms with E-state index in [0.717, 1.165) is 0 Å². The third-order valence-electron chi connectivity index (χ3n) is 6.68. The first-order chi connectivity index (χ1) is 14.6. The number of nitrogens with zero attached hydrogens (tertiary/aromatic N) is 4. The first-order valence-corrected chi connectivity index (χ1v) is 10.3. The van der Waals surface area contributed by atoms with Crippen LogP contribution in [0.4, 0.5) is 23.4 Å². The van der Waals surface area contributed by atoms with Gasteiger partial charge < -0.3 is 10.0 Å². The molecular weight excluding hydrogens is 412 g/mol. The van der Waals surface area contributed by atoms with Gasteiger partial charge in [0.15, 0.2) is 11.3 Å². The lowest BCUT2D eigenvalue weighted by molar-refractivity contribution is -0.160. The number of aliphatic hydroxyl groups excluding tert-OH is 1. The van der Waals surface area contributed by atoms with Crippen molar-refractivity contribution in [2.75, 3.05) is 18.0 Å². The van der Waals surface area contributed by atoms with Crippen molar-refractivity contribution in [3.63, 3.8) is 0 Å². The Hall–Kier alpha value is -2.68. The van der Waals surface area contributed by atoms with Crippen molar-refractivity contribution in [1.29, 1.82) is 0 Å². The Labute approximate surface area is 176 Å². The van der Waals surface area contributed by atoms with Gasteiger partial charge in [0.1, 0.15) is 5.82 Å². The van der Waals surface area contributed by atoms with Gasteiger partial charge in [0.05, 0.1) is 30.0 Å². The fraction of sp³-hybridized carbons (Fsp3) is 0.455. The predicted molar refractivity (Wildman–Crippen MR) is 108 cm³/mol. The van der Waals surface area contributed by atoms with E-state index in [1.54, 1.807) is 45.9 Å². The average molecular weight is 434 g/mol. The fourth-order valence-corrected chi connectivity index (χ4v) is 4.40. The van der Waals surface area contributed by atoms with Crippen molar-refractivity contribution in [3.05, 3.63) is 48.2 Å². The molecule has 31 heavy (non-hydrogen) atoms. The third-order valence-corrected chi connectivity index (χ3v) is 6.68. The molecule has 0 amide bonds. The van der Waals surface area contributed by atoms with Crippen molar-refractivity contribution in [2.24, 2.45) is 0 Å². The molecule has 2 atom stereocenters. The quantitative estimate of drug-likeness (QED) is 0.623. The molecular formula is C22H22F4N4O. The van der Waals surface area contributed by atoms with Crippen LogP contribution in [0.1, 0.15) is 31.7 Å². The Morgan fingerprint density at radius 2 is 1.90 bits per heavy atom. The van der Waals surface area contributed by atoms with E-state index in [1.807, 2.05) is 0 Å². The summed E-state index contributed by atoms with van der Waals surface area (Å²) in [5, 5.41) is 14.3. The van der Waals surface area contributed by atoms with E-state index in [4.69, 9.17) is 0 Å². The summed E-state index contributed by atoms with van der Waals surface area (Å²) >= 11 is 0. The van der Waals surface area contributed by atoms with Gasteiger partial charge in [0, 0.05) is 18.5 Å². The Morgan fingerprint density at radius 1 is 1.13 bits per heavy atom. The SMILES string of the molecule is CC(O)C1(F)CCN(c2ccc3ncc(-c4cccc(C5(C(F)(F)F)CC5)c4)n3n2)C1. The lowest BCUT2D eigenvalue weighted by Gasteiger charge is -2.24. The Bertz CT molecular complexity index is 1140. The van der Waals surface area contributed by atoms with Crippen LogP contribution in [-0.4, -0.2) is 50.7 Å². The number of halogens is 4. The van der Waals surface area contributed by atoms with Gasteiger partial charge in [0.25, 0.3) is 0 Å². The van der Waals surface area contributed by atoms with Gasteiger partial charge in [-0.05, 0) is 43.5 Å². The van der Waals surface area contributed by atoms with Crippen LogP contribution in [0.3, 0.4) is 0 Å². The van der Waals surface area contributed by atoms with Gasteiger partial charge in [-0.1, -0.05) is 18.2 Å². The Morgan fingerprint density at radius 3 is 2.55 bits per heavy atom. The van der Waals surface area contributed by atoms with E-state index in [9.17, 15) is 22.7 Å². The van der Waals surface area contributed by atoms with Crippen molar-refractivity contribution in [1.82, 2.24) is 14.6 Å². The highest BCUT2D eigenvalue weighted by Crippen LogP contribution is 2.59. The van der Waals surface area contributed by atoms with Crippen LogP contribution in [0.5, 0.6) is 0 Å². The standard InChI is InChI=1S/C22H22F4N4O/c1-14(31)21(23)9-10-29(13-21)19-6-5-18-27-12-17(30(18)28-19)15-3-2-4-16(11-15)20(7-8-20)22(24,25)26/h2-6,11-12,14,31H,7-10,13H2,1H3. The molecule has 1 aliphatic carbocycles. The molecule has 2 unspecified atom stereocenters. The predicted octanol–water partition coefficient (Wildman–Crippen LogP) is 4.29. The van der Waals surface area contributed by atoms with E-state index in [-0.39, 0.29) is 31.4 Å². The number of alkyl halides is 4. The third kappa shape index (κ3) is 3.17. The molecule has 9 heteroatoms. The molecule has 2 fully saturated rings. The highest BCUT2D eigenvalue weighted by Gasteiger charge is 2.64. The summed E-state index contributed by atoms with van der Waals surface area (Å²) in [4.78, 5) is 6.08. The molecule has 0 radical (unpaired) electrons. The molecule has 1 aromatic carbocycles. The molecule has 3 aromatic rings. The Balaban J connectivity index is 1.51. The van der Waals surface area contributed by atoms with Crippen molar-refractivity contribution < 1.29 is 22.7 Å². The van der Waals surface area contributed by atoms with Gasteiger partial charge in [-0.2, -0.15) is 13.2 Å². The van der Waals surface area contributed by atoms with Crippen molar-refractivity contribution in [2.45, 2.75) is 49.6 Å². The lowest BCUT2D eigenvalue weighted by atomic mass is 9.93. The second-order valence-electron chi connectivity index (χ2n) is 8.65. The molecule has 2 aliphatic rings. The fourth-order valence-electron chi connectivity index (χ4n) is 4.40. The monoisotopic (exact) mass is 434 g/mol. The summed E-state index contributed by atoms with van der Waals surface area (Å²) in [6.07, 6.45) is -3.40. The van der Waals surface area contributed by atoms with E-state index in [0.29, 0.717) is 29.3 Å². The molecule has 1 aliphatic heterocycles. The van der Waals surface area contributed by atoms with Gasteiger partial charge in [-0.25, -0.2) is 13.9 Å². The number of hydrogen-bond donors (Lipinski definition) is 1. The minimum atomic E-state index is -4.28. The molecule has 2 aromatic heterocycles. The zero-order valence-electron chi connectivity index (χ0n) is 16.9. The largest absolute Gasteiger partial charge is 0.398 e. The number of aliphatic hydroxyl groups is 1. The maximum atomic E-state index is 14.8. The van der Waals surface area contributed by atoms with E-state index in [1.165, 1.54) is 13.0 Å². The number of benzene rings is 1. The van der Waals surface area contributed by atoms with Crippen LogP contribution in [0.2, 0.25) is 0 Å². The number of aromatic nitrogens is 3. The molecule has 0 bridgehead atoms. The lowest BCUT2D eigenvalue weighted by Crippen LogP contribution is -2.39. The van der Waals surface area contributed by atoms with Gasteiger partial charge >= 0.3 is 6.18 Å². The second kappa shape index (κ2) is 6.66. The van der Waals surface area contributed by atoms with Gasteiger partial charge in [-0.3, -0.25) is 0 Å². The maximum absolute atomic E-state index is 14.8. The minimum Gasteiger partial charge on any atom is -0.390 e. The zero-order chi connectivity index (χ0) is 22.0. The molecule has 1 N–H and O–H groups in total. The zero-order valence-corrected chi connectivity index (χ0v) is 16.9. The van der Waals surface area contributed by atoms with Crippen LogP contribution < -0.4 is 4.90 Å². The van der Waals surface area contributed by atoms with Crippen LogP contribution in [0.15, 0.2) is 42.6 Å². The summed E-state index contributed by atoms with van der Waals surface area (Å²) < 4.78 is 57.1. The number of fused-ring (bicyclic) bond motifs is 1. The summed E-state index contributed by atoms with van der Waals surface area (Å²) in [5.74, 6) is 0.525. The van der Waals surface area contributed by atoms with Gasteiger partial charge in [-0.15, -0.1) is 5.10 Å². The van der Waals surface area contributed by atoms with Crippen LogP contribution in [0, 0.1) is 0 Å². The molecule has 164 valence electrons. The molecule has 1 saturated heterocycles. The van der Waals surface area contributed by atoms with E-state index in [2.05, 4.69) is 10.1 Å². The molecule has 1 saturated carbocycles. The number of anilines is 1. The van der Waals surface area contributed by atoms with Gasteiger partial charge in [0.2, 0.25) is 0 Å². The van der Waals surface area contributed by atoms with E-state index < -0.39 is 23.4 Å². The minimum absolute atomic E-state index is 0.0246. The van der Waals surface area contributed by atoms with Crippen molar-refractivity contribution in [3.8, 4) is 11.3 Å². The summed E-state index contributed by atoms with van der Waals surface area (Å²) in [6, 6.07) is 9.93. The summed E-state index contributed by atoms with van der Waals surface area (Å²) in [6.45, 7) is 1.87. The summed E-state index contributed by atoms with van der Waals surface area (Å²) in [5.41, 5.74) is -1.50. The van der Waals surface area contributed by atoms with Crippen LogP contribution >= 0.6 is 0 Å². The first-order valence-electron chi connectivity index (χ1n) is 10.3. The molecule has 3 heterocycles. The maximum Gasteiger partial charge on any atom is 0.398 e. The number of rotatable bonds is 4. The van der Waals surface area contributed by atoms with Crippen LogP contribution in [-0.2, 0) is 5.41 Å². The summed E-state index contributed by atoms with van der Waals surface area (Å²) in [7, 11) is 0. The highest BCUT2D eigenvalue weighted by molar-refractivity contribution is 5.65. The van der Waals surface area contributed by atoms with Crippen LogP contribution in [0.25, 0.3) is 16.9 Å². The highest BCUT2D eigenvalue weighted by atomic mass is 19.4.